The SMILES string of the molecule is C[Si](C)(CCNc1ccc(C(=O)Nc2cc(-c3cccs3)ccc2N)cn1)c1ccccc1. The summed E-state index contributed by atoms with van der Waals surface area (Å²) in [5.74, 6) is 0.533. The Morgan fingerprint density at radius 3 is 2.55 bits per heavy atom. The summed E-state index contributed by atoms with van der Waals surface area (Å²) in [6, 6.07) is 25.2. The van der Waals surface area contributed by atoms with Crippen molar-refractivity contribution >= 4 is 47.7 Å². The van der Waals surface area contributed by atoms with Crippen molar-refractivity contribution in [2.24, 2.45) is 0 Å². The van der Waals surface area contributed by atoms with Gasteiger partial charge in [-0.15, -0.1) is 11.3 Å². The first-order valence-electron chi connectivity index (χ1n) is 10.9. The lowest BCUT2D eigenvalue weighted by atomic mass is 10.1. The van der Waals surface area contributed by atoms with Crippen molar-refractivity contribution in [1.29, 1.82) is 0 Å². The number of nitrogens with two attached hydrogens (primary N) is 1. The molecule has 0 atom stereocenters. The molecular weight excluding hydrogens is 444 g/mol. The van der Waals surface area contributed by atoms with Gasteiger partial charge in [-0.2, -0.15) is 0 Å². The highest BCUT2D eigenvalue weighted by atomic mass is 32.1. The first-order valence-corrected chi connectivity index (χ1v) is 15.0. The third-order valence-corrected chi connectivity index (χ3v) is 10.1. The molecule has 5 nitrogen and oxygen atoms in total. The standard InChI is InChI=1S/C26H28N4OSSi/c1-33(2,21-7-4-3-5-8-21)16-14-28-25-13-11-20(18-29-25)26(31)30-23-17-19(10-12-22(23)27)24-9-6-15-32-24/h3-13,15,17-18H,14,16,27H2,1-2H3,(H,28,29)(H,30,31). The maximum absolute atomic E-state index is 12.8. The number of rotatable bonds is 8. The first-order chi connectivity index (χ1) is 15.9. The van der Waals surface area contributed by atoms with Crippen LogP contribution >= 0.6 is 11.3 Å². The van der Waals surface area contributed by atoms with E-state index in [0.29, 0.717) is 16.9 Å². The van der Waals surface area contributed by atoms with E-state index in [1.54, 1.807) is 23.6 Å². The minimum atomic E-state index is -1.50. The molecule has 4 aromatic rings. The van der Waals surface area contributed by atoms with Crippen molar-refractivity contribution in [3.8, 4) is 10.4 Å². The van der Waals surface area contributed by atoms with Gasteiger partial charge in [-0.3, -0.25) is 4.79 Å². The number of nitrogens with zero attached hydrogens (tertiary/aromatic N) is 1. The van der Waals surface area contributed by atoms with Gasteiger partial charge >= 0.3 is 0 Å². The molecule has 0 fully saturated rings. The van der Waals surface area contributed by atoms with E-state index in [-0.39, 0.29) is 5.91 Å². The summed E-state index contributed by atoms with van der Waals surface area (Å²) in [5.41, 5.74) is 8.73. The average molecular weight is 473 g/mol. The zero-order chi connectivity index (χ0) is 23.3. The van der Waals surface area contributed by atoms with Crippen molar-refractivity contribution in [1.82, 2.24) is 4.98 Å². The Balaban J connectivity index is 1.35. The van der Waals surface area contributed by atoms with E-state index in [2.05, 4.69) is 59.0 Å². The molecule has 0 unspecified atom stereocenters. The van der Waals surface area contributed by atoms with Crippen molar-refractivity contribution < 1.29 is 4.79 Å². The Hall–Kier alpha value is -3.42. The zero-order valence-electron chi connectivity index (χ0n) is 18.8. The van der Waals surface area contributed by atoms with E-state index >= 15 is 0 Å². The Labute approximate surface area is 199 Å². The van der Waals surface area contributed by atoms with Gasteiger partial charge in [0, 0.05) is 17.6 Å². The van der Waals surface area contributed by atoms with Gasteiger partial charge in [0.1, 0.15) is 5.82 Å². The number of amides is 1. The zero-order valence-corrected chi connectivity index (χ0v) is 20.7. The Morgan fingerprint density at radius 1 is 1.03 bits per heavy atom. The molecule has 0 aliphatic rings. The monoisotopic (exact) mass is 472 g/mol. The smallest absolute Gasteiger partial charge is 0.257 e. The fraction of sp³-hybridized carbons (Fsp3) is 0.154. The van der Waals surface area contributed by atoms with Crippen LogP contribution in [0.25, 0.3) is 10.4 Å². The van der Waals surface area contributed by atoms with Gasteiger partial charge in [0.05, 0.1) is 25.0 Å². The molecule has 2 aromatic heterocycles. The molecule has 2 aromatic carbocycles. The van der Waals surface area contributed by atoms with Crippen LogP contribution in [0.3, 0.4) is 0 Å². The fourth-order valence-electron chi connectivity index (χ4n) is 3.62. The second-order valence-electron chi connectivity index (χ2n) is 8.59. The Bertz CT molecular complexity index is 1210. The molecule has 168 valence electrons. The maximum Gasteiger partial charge on any atom is 0.257 e. The van der Waals surface area contributed by atoms with Gasteiger partial charge in [-0.25, -0.2) is 4.98 Å². The number of thiophene rings is 1. The minimum Gasteiger partial charge on any atom is -0.397 e. The van der Waals surface area contributed by atoms with Crippen molar-refractivity contribution in [2.45, 2.75) is 19.1 Å². The molecule has 0 bridgehead atoms. The third kappa shape index (κ3) is 5.69. The summed E-state index contributed by atoms with van der Waals surface area (Å²) in [4.78, 5) is 18.3. The van der Waals surface area contributed by atoms with E-state index in [1.165, 1.54) is 5.19 Å². The van der Waals surface area contributed by atoms with Crippen LogP contribution in [0.15, 0.2) is 84.4 Å². The average Bonchev–Trinajstić information content (AvgIpc) is 3.36. The van der Waals surface area contributed by atoms with Gasteiger partial charge in [-0.05, 0) is 47.3 Å². The molecule has 0 aliphatic carbocycles. The van der Waals surface area contributed by atoms with Crippen LogP contribution in [-0.4, -0.2) is 25.5 Å². The second kappa shape index (κ2) is 10.0. The van der Waals surface area contributed by atoms with Crippen molar-refractivity contribution in [2.75, 3.05) is 22.9 Å². The minimum absolute atomic E-state index is 0.235. The number of aromatic nitrogens is 1. The van der Waals surface area contributed by atoms with Gasteiger partial charge in [0.15, 0.2) is 0 Å². The predicted octanol–water partition coefficient (Wildman–Crippen LogP) is 5.67. The van der Waals surface area contributed by atoms with Crippen LogP contribution in [0.5, 0.6) is 0 Å². The number of hydrogen-bond donors (Lipinski definition) is 3. The molecule has 4 rings (SSSR count). The predicted molar refractivity (Wildman–Crippen MR) is 143 cm³/mol. The van der Waals surface area contributed by atoms with Crippen LogP contribution in [0, 0.1) is 0 Å². The summed E-state index contributed by atoms with van der Waals surface area (Å²) in [7, 11) is -1.50. The van der Waals surface area contributed by atoms with Gasteiger partial charge in [0.2, 0.25) is 0 Å². The van der Waals surface area contributed by atoms with E-state index in [9.17, 15) is 4.79 Å². The molecule has 0 saturated carbocycles. The molecule has 4 N–H and O–H groups in total. The normalized spacial score (nSPS) is 11.2. The summed E-state index contributed by atoms with van der Waals surface area (Å²) in [6.07, 6.45) is 1.59. The van der Waals surface area contributed by atoms with Crippen LogP contribution in [-0.2, 0) is 0 Å². The van der Waals surface area contributed by atoms with Crippen molar-refractivity contribution in [3.63, 3.8) is 0 Å². The number of carbonyl (C=O) groups excluding carboxylic acids is 1. The summed E-state index contributed by atoms with van der Waals surface area (Å²) in [5, 5.41) is 9.78. The molecule has 1 amide bonds. The number of anilines is 3. The highest BCUT2D eigenvalue weighted by Gasteiger charge is 2.22. The summed E-state index contributed by atoms with van der Waals surface area (Å²) >= 11 is 1.65. The molecule has 33 heavy (non-hydrogen) atoms. The highest BCUT2D eigenvalue weighted by molar-refractivity contribution is 7.13. The Kier molecular flexibility index (Phi) is 6.91. The molecule has 2 heterocycles. The quantitative estimate of drug-likeness (QED) is 0.228. The third-order valence-electron chi connectivity index (χ3n) is 5.74. The van der Waals surface area contributed by atoms with Crippen LogP contribution in [0.1, 0.15) is 10.4 Å². The number of nitrogens with one attached hydrogen (secondary N) is 2. The van der Waals surface area contributed by atoms with E-state index in [4.69, 9.17) is 5.73 Å². The van der Waals surface area contributed by atoms with Crippen molar-refractivity contribution in [3.05, 3.63) is 89.9 Å². The van der Waals surface area contributed by atoms with Gasteiger partial charge in [0.25, 0.3) is 5.91 Å². The van der Waals surface area contributed by atoms with Crippen LogP contribution in [0.2, 0.25) is 19.1 Å². The Morgan fingerprint density at radius 2 is 1.85 bits per heavy atom. The number of benzene rings is 2. The lowest BCUT2D eigenvalue weighted by Gasteiger charge is -2.23. The number of hydrogen-bond acceptors (Lipinski definition) is 5. The molecular formula is C26H28N4OSSi. The van der Waals surface area contributed by atoms with E-state index < -0.39 is 8.07 Å². The molecule has 0 saturated heterocycles. The first kappa shape index (κ1) is 22.8. The number of pyridine rings is 1. The van der Waals surface area contributed by atoms with E-state index in [1.807, 2.05) is 41.8 Å². The highest BCUT2D eigenvalue weighted by Crippen LogP contribution is 2.30. The molecule has 0 spiro atoms. The number of carbonyl (C=O) groups is 1. The molecule has 0 aliphatic heterocycles. The van der Waals surface area contributed by atoms with Crippen LogP contribution < -0.4 is 21.6 Å². The molecule has 7 heteroatoms. The topological polar surface area (TPSA) is 80.0 Å². The largest absolute Gasteiger partial charge is 0.397 e. The summed E-state index contributed by atoms with van der Waals surface area (Å²) < 4.78 is 0. The lowest BCUT2D eigenvalue weighted by molar-refractivity contribution is 0.102. The van der Waals surface area contributed by atoms with Gasteiger partial charge < -0.3 is 16.4 Å². The molecule has 0 radical (unpaired) electrons. The summed E-state index contributed by atoms with van der Waals surface area (Å²) in [6.45, 7) is 5.60. The van der Waals surface area contributed by atoms with E-state index in [0.717, 1.165) is 28.8 Å². The second-order valence-corrected chi connectivity index (χ2v) is 14.4. The van der Waals surface area contributed by atoms with Crippen LogP contribution in [0.4, 0.5) is 17.2 Å². The lowest BCUT2D eigenvalue weighted by Crippen LogP contribution is -2.42. The maximum atomic E-state index is 12.8. The fourth-order valence-corrected chi connectivity index (χ4v) is 6.48. The number of nitrogen functional groups attached to an aromatic ring is 1. The van der Waals surface area contributed by atoms with Gasteiger partial charge in [-0.1, -0.05) is 60.7 Å².